The van der Waals surface area contributed by atoms with Crippen LogP contribution in [0.1, 0.15) is 34.9 Å². The molecule has 21 heavy (non-hydrogen) atoms. The van der Waals surface area contributed by atoms with Gasteiger partial charge in [0, 0.05) is 11.5 Å². The largest absolute Gasteiger partial charge is 0.465 e. The van der Waals surface area contributed by atoms with E-state index in [0.29, 0.717) is 21.8 Å². The zero-order chi connectivity index (χ0) is 15.0. The van der Waals surface area contributed by atoms with Crippen LogP contribution in [0, 0.1) is 5.82 Å². The number of nitrogens with zero attached hydrogens (tertiary/aromatic N) is 2. The second kappa shape index (κ2) is 5.52. The summed E-state index contributed by atoms with van der Waals surface area (Å²) in [4.78, 5) is 20.4. The number of carbonyl (C=O) groups excluding carboxylic acids is 1. The van der Waals surface area contributed by atoms with Gasteiger partial charge in [-0.1, -0.05) is 0 Å². The second-order valence-electron chi connectivity index (χ2n) is 4.93. The average Bonchev–Trinajstić information content (AvgIpc) is 3.29. The molecule has 1 aliphatic carbocycles. The van der Waals surface area contributed by atoms with Gasteiger partial charge >= 0.3 is 5.97 Å². The fraction of sp³-hybridized carbons (Fsp3) is 0.267. The molecule has 0 unspecified atom stereocenters. The Bertz CT molecular complexity index is 717. The summed E-state index contributed by atoms with van der Waals surface area (Å²) >= 11 is 3.35. The maximum Gasteiger partial charge on any atom is 0.337 e. The molecule has 1 aromatic carbocycles. The second-order valence-corrected chi connectivity index (χ2v) is 5.74. The van der Waals surface area contributed by atoms with Gasteiger partial charge in [0.2, 0.25) is 0 Å². The first-order chi connectivity index (χ1) is 10.1. The van der Waals surface area contributed by atoms with E-state index in [1.807, 2.05) is 0 Å². The minimum atomic E-state index is -0.578. The molecule has 1 aliphatic rings. The van der Waals surface area contributed by atoms with Crippen LogP contribution in [0.2, 0.25) is 0 Å². The van der Waals surface area contributed by atoms with Crippen LogP contribution >= 0.6 is 15.9 Å². The van der Waals surface area contributed by atoms with E-state index in [1.54, 1.807) is 12.1 Å². The molecule has 1 saturated carbocycles. The Morgan fingerprint density at radius 1 is 1.29 bits per heavy atom. The standard InChI is InChI=1S/C15H12BrFN2O2/c1-21-15(20)10-4-9(5-11(17)6-10)12-7-13(16)19-14(18-12)8-2-3-8/h4-8H,2-3H2,1H3. The van der Waals surface area contributed by atoms with Crippen LogP contribution < -0.4 is 0 Å². The van der Waals surface area contributed by atoms with Crippen molar-refractivity contribution in [1.29, 1.82) is 0 Å². The molecular weight excluding hydrogens is 339 g/mol. The van der Waals surface area contributed by atoms with E-state index in [4.69, 9.17) is 0 Å². The molecule has 3 rings (SSSR count). The first-order valence-electron chi connectivity index (χ1n) is 6.50. The molecular formula is C15H12BrFN2O2. The van der Waals surface area contributed by atoms with E-state index in [1.165, 1.54) is 13.2 Å². The third-order valence-electron chi connectivity index (χ3n) is 3.27. The van der Waals surface area contributed by atoms with Crippen molar-refractivity contribution < 1.29 is 13.9 Å². The van der Waals surface area contributed by atoms with Gasteiger partial charge in [0.25, 0.3) is 0 Å². The number of aromatic nitrogens is 2. The summed E-state index contributed by atoms with van der Waals surface area (Å²) < 4.78 is 19.0. The van der Waals surface area contributed by atoms with Gasteiger partial charge in [-0.05, 0) is 53.0 Å². The number of hydrogen-bond donors (Lipinski definition) is 0. The van der Waals surface area contributed by atoms with E-state index in [-0.39, 0.29) is 5.56 Å². The van der Waals surface area contributed by atoms with Crippen molar-refractivity contribution in [3.05, 3.63) is 46.1 Å². The number of methoxy groups -OCH3 is 1. The summed E-state index contributed by atoms with van der Waals surface area (Å²) in [5.41, 5.74) is 1.28. The fourth-order valence-electron chi connectivity index (χ4n) is 2.08. The highest BCUT2D eigenvalue weighted by atomic mass is 79.9. The molecule has 0 aliphatic heterocycles. The SMILES string of the molecule is COC(=O)c1cc(F)cc(-c2cc(Br)nc(C3CC3)n2)c1. The Balaban J connectivity index is 2.07. The number of carbonyl (C=O) groups is 1. The van der Waals surface area contributed by atoms with E-state index in [0.717, 1.165) is 24.7 Å². The molecule has 0 radical (unpaired) electrons. The van der Waals surface area contributed by atoms with Crippen molar-refractivity contribution in [1.82, 2.24) is 9.97 Å². The predicted molar refractivity (Wildman–Crippen MR) is 78.4 cm³/mol. The number of benzene rings is 1. The Hall–Kier alpha value is -1.82. The summed E-state index contributed by atoms with van der Waals surface area (Å²) in [6.07, 6.45) is 2.15. The molecule has 2 aromatic rings. The maximum atomic E-state index is 13.7. The van der Waals surface area contributed by atoms with Crippen LogP contribution in [0.5, 0.6) is 0 Å². The Morgan fingerprint density at radius 2 is 2.05 bits per heavy atom. The summed E-state index contributed by atoms with van der Waals surface area (Å²) in [6, 6.07) is 5.77. The molecule has 0 N–H and O–H groups in total. The van der Waals surface area contributed by atoms with Gasteiger partial charge in [-0.15, -0.1) is 0 Å². The molecule has 108 valence electrons. The minimum absolute atomic E-state index is 0.162. The van der Waals surface area contributed by atoms with Crippen LogP contribution in [-0.2, 0) is 4.74 Å². The highest BCUT2D eigenvalue weighted by Gasteiger charge is 2.27. The normalized spacial score (nSPS) is 14.0. The zero-order valence-corrected chi connectivity index (χ0v) is 12.9. The molecule has 1 heterocycles. The molecule has 0 atom stereocenters. The third-order valence-corrected chi connectivity index (χ3v) is 3.68. The predicted octanol–water partition coefficient (Wildman–Crippen LogP) is 3.71. The lowest BCUT2D eigenvalue weighted by Gasteiger charge is -2.07. The molecule has 0 saturated heterocycles. The highest BCUT2D eigenvalue weighted by Crippen LogP contribution is 2.39. The van der Waals surface area contributed by atoms with Gasteiger partial charge in [-0.2, -0.15) is 0 Å². The number of hydrogen-bond acceptors (Lipinski definition) is 4. The van der Waals surface area contributed by atoms with Gasteiger partial charge in [-0.25, -0.2) is 19.2 Å². The van der Waals surface area contributed by atoms with Crippen molar-refractivity contribution in [3.8, 4) is 11.3 Å². The maximum absolute atomic E-state index is 13.7. The molecule has 1 fully saturated rings. The average molecular weight is 351 g/mol. The van der Waals surface area contributed by atoms with Crippen LogP contribution in [0.3, 0.4) is 0 Å². The van der Waals surface area contributed by atoms with Crippen LogP contribution in [0.25, 0.3) is 11.3 Å². The molecule has 1 aromatic heterocycles. The highest BCUT2D eigenvalue weighted by molar-refractivity contribution is 9.10. The zero-order valence-electron chi connectivity index (χ0n) is 11.3. The third kappa shape index (κ3) is 3.10. The monoisotopic (exact) mass is 350 g/mol. The van der Waals surface area contributed by atoms with Crippen molar-refractivity contribution >= 4 is 21.9 Å². The molecule has 4 nitrogen and oxygen atoms in total. The summed E-state index contributed by atoms with van der Waals surface area (Å²) in [5.74, 6) is 0.0556. The Morgan fingerprint density at radius 3 is 2.71 bits per heavy atom. The van der Waals surface area contributed by atoms with Gasteiger partial charge in [-0.3, -0.25) is 0 Å². The van der Waals surface area contributed by atoms with E-state index >= 15 is 0 Å². The minimum Gasteiger partial charge on any atom is -0.465 e. The first kappa shape index (κ1) is 14.1. The Kier molecular flexibility index (Phi) is 3.71. The molecule has 0 bridgehead atoms. The number of halogens is 2. The topological polar surface area (TPSA) is 52.1 Å². The lowest BCUT2D eigenvalue weighted by atomic mass is 10.1. The van der Waals surface area contributed by atoms with Crippen LogP contribution in [0.4, 0.5) is 4.39 Å². The van der Waals surface area contributed by atoms with Gasteiger partial charge in [0.15, 0.2) is 0 Å². The summed E-state index contributed by atoms with van der Waals surface area (Å²) in [5, 5.41) is 0. The lowest BCUT2D eigenvalue weighted by Crippen LogP contribution is -2.03. The number of esters is 1. The van der Waals surface area contributed by atoms with Crippen LogP contribution in [-0.4, -0.2) is 23.0 Å². The summed E-state index contributed by atoms with van der Waals surface area (Å²) in [7, 11) is 1.26. The lowest BCUT2D eigenvalue weighted by molar-refractivity contribution is 0.0600. The molecule has 6 heteroatoms. The summed E-state index contributed by atoms with van der Waals surface area (Å²) in [6.45, 7) is 0. The van der Waals surface area contributed by atoms with E-state index < -0.39 is 11.8 Å². The smallest absolute Gasteiger partial charge is 0.337 e. The van der Waals surface area contributed by atoms with Gasteiger partial charge in [0.1, 0.15) is 16.2 Å². The van der Waals surface area contributed by atoms with E-state index in [9.17, 15) is 9.18 Å². The fourth-order valence-corrected chi connectivity index (χ4v) is 2.48. The van der Waals surface area contributed by atoms with Crippen molar-refractivity contribution in [2.45, 2.75) is 18.8 Å². The molecule has 0 amide bonds. The van der Waals surface area contributed by atoms with Crippen molar-refractivity contribution in [2.24, 2.45) is 0 Å². The van der Waals surface area contributed by atoms with Crippen molar-refractivity contribution in [3.63, 3.8) is 0 Å². The van der Waals surface area contributed by atoms with Gasteiger partial charge in [0.05, 0.1) is 18.4 Å². The first-order valence-corrected chi connectivity index (χ1v) is 7.30. The quantitative estimate of drug-likeness (QED) is 0.625. The van der Waals surface area contributed by atoms with Crippen molar-refractivity contribution in [2.75, 3.05) is 7.11 Å². The number of rotatable bonds is 3. The molecule has 0 spiro atoms. The van der Waals surface area contributed by atoms with Crippen LogP contribution in [0.15, 0.2) is 28.9 Å². The Labute approximate surface area is 129 Å². The number of ether oxygens (including phenoxy) is 1. The van der Waals surface area contributed by atoms with E-state index in [2.05, 4.69) is 30.6 Å². The van der Waals surface area contributed by atoms with Gasteiger partial charge < -0.3 is 4.74 Å².